The molecule has 0 radical (unpaired) electrons. The molecule has 0 spiro atoms. The molecule has 9 nitrogen and oxygen atoms in total. The van der Waals surface area contributed by atoms with Crippen LogP contribution in [0, 0.1) is 0 Å². The highest BCUT2D eigenvalue weighted by molar-refractivity contribution is 7.47. The first-order valence-electron chi connectivity index (χ1n) is 16.4. The van der Waals surface area contributed by atoms with Gasteiger partial charge in [0.05, 0.1) is 34.4 Å². The predicted octanol–water partition coefficient (Wildman–Crippen LogP) is 8.43. The van der Waals surface area contributed by atoms with Crippen molar-refractivity contribution in [2.75, 3.05) is 54.1 Å². The average molecular weight is 626 g/mol. The fourth-order valence-corrected chi connectivity index (χ4v) is 5.34. The number of phosphoric ester groups is 1. The third kappa shape index (κ3) is 19.3. The summed E-state index contributed by atoms with van der Waals surface area (Å²) in [5.41, 5.74) is 0.872. The monoisotopic (exact) mass is 625 g/mol. The minimum Gasteiger partial charge on any atom is -0.467 e. The van der Waals surface area contributed by atoms with Crippen molar-refractivity contribution in [2.45, 2.75) is 103 Å². The van der Waals surface area contributed by atoms with Crippen LogP contribution >= 0.6 is 7.82 Å². The van der Waals surface area contributed by atoms with Gasteiger partial charge < -0.3 is 23.4 Å². The van der Waals surface area contributed by atoms with Crippen LogP contribution in [0.5, 0.6) is 5.88 Å². The van der Waals surface area contributed by atoms with Crippen molar-refractivity contribution in [3.05, 3.63) is 36.4 Å². The van der Waals surface area contributed by atoms with Crippen molar-refractivity contribution in [1.29, 1.82) is 0 Å². The summed E-state index contributed by atoms with van der Waals surface area (Å²) in [6.07, 6.45) is 17.6. The fraction of sp³-hybridized carbons (Fsp3) is 0.727. The number of hydrogen-bond donors (Lipinski definition) is 1. The number of phosphoric acid groups is 1. The van der Waals surface area contributed by atoms with E-state index in [1.165, 1.54) is 77.0 Å². The molecule has 2 unspecified atom stereocenters. The molecule has 0 fully saturated rings. The fourth-order valence-electron chi connectivity index (χ4n) is 4.60. The lowest BCUT2D eigenvalue weighted by Crippen LogP contribution is -2.37. The van der Waals surface area contributed by atoms with Crippen molar-refractivity contribution in [2.24, 2.45) is 0 Å². The van der Waals surface area contributed by atoms with E-state index in [4.69, 9.17) is 23.0 Å². The molecule has 2 rings (SSSR count). The van der Waals surface area contributed by atoms with Crippen LogP contribution in [-0.4, -0.2) is 74.8 Å². The van der Waals surface area contributed by atoms with Gasteiger partial charge in [-0.25, -0.2) is 4.57 Å². The van der Waals surface area contributed by atoms with Crippen molar-refractivity contribution in [1.82, 2.24) is 5.16 Å². The van der Waals surface area contributed by atoms with Crippen LogP contribution in [0.15, 0.2) is 40.9 Å². The normalized spacial score (nSPS) is 14.1. The Hall–Kier alpha value is -1.74. The quantitative estimate of drug-likeness (QED) is 0.0600. The topological polar surface area (TPSA) is 100 Å². The Kier molecular flexibility index (Phi) is 19.1. The van der Waals surface area contributed by atoms with E-state index < -0.39 is 13.9 Å². The van der Waals surface area contributed by atoms with E-state index in [0.717, 1.165) is 18.4 Å². The molecule has 0 saturated carbocycles. The third-order valence-electron chi connectivity index (χ3n) is 7.22. The van der Waals surface area contributed by atoms with Gasteiger partial charge in [-0.05, 0) is 11.6 Å². The lowest BCUT2D eigenvalue weighted by Gasteiger charge is -2.24. The van der Waals surface area contributed by atoms with Gasteiger partial charge >= 0.3 is 7.82 Å². The molecule has 2 aromatic rings. The first kappa shape index (κ1) is 37.4. The first-order chi connectivity index (χ1) is 20.7. The van der Waals surface area contributed by atoms with Gasteiger partial charge in [0.15, 0.2) is 5.76 Å². The van der Waals surface area contributed by atoms with Gasteiger partial charge in [0.1, 0.15) is 19.3 Å². The second-order valence-corrected chi connectivity index (χ2v) is 13.9. The molecular weight excluding hydrogens is 567 g/mol. The average Bonchev–Trinajstić information content (AvgIpc) is 3.44. The highest BCUT2D eigenvalue weighted by Crippen LogP contribution is 2.43. The number of rotatable bonds is 27. The summed E-state index contributed by atoms with van der Waals surface area (Å²) in [5.74, 6) is 0.821. The summed E-state index contributed by atoms with van der Waals surface area (Å²) in [7, 11) is 1.69. The minimum atomic E-state index is -4.25. The summed E-state index contributed by atoms with van der Waals surface area (Å²) in [6.45, 7) is 3.51. The van der Waals surface area contributed by atoms with Crippen molar-refractivity contribution in [3.63, 3.8) is 0 Å². The van der Waals surface area contributed by atoms with Crippen LogP contribution in [0.3, 0.4) is 0 Å². The Balaban J connectivity index is 1.68. The zero-order valence-electron chi connectivity index (χ0n) is 27.2. The number of quaternary nitrogens is 1. The summed E-state index contributed by atoms with van der Waals surface area (Å²) in [4.78, 5) is 10.2. The summed E-state index contributed by atoms with van der Waals surface area (Å²) in [6, 6.07) is 11.3. The van der Waals surface area contributed by atoms with Crippen LogP contribution < -0.4 is 4.74 Å². The van der Waals surface area contributed by atoms with Crippen LogP contribution in [0.25, 0.3) is 11.3 Å². The predicted molar refractivity (Wildman–Crippen MR) is 172 cm³/mol. The van der Waals surface area contributed by atoms with Gasteiger partial charge in [0.25, 0.3) is 5.88 Å². The van der Waals surface area contributed by atoms with E-state index >= 15 is 0 Å². The molecule has 1 aromatic carbocycles. The molecule has 1 aromatic heterocycles. The second-order valence-electron chi connectivity index (χ2n) is 12.4. The van der Waals surface area contributed by atoms with Crippen LogP contribution in [-0.2, 0) is 18.3 Å². The maximum absolute atomic E-state index is 12.4. The molecule has 0 aliphatic heterocycles. The Morgan fingerprint density at radius 3 is 1.98 bits per heavy atom. The molecule has 0 bridgehead atoms. The molecule has 1 N–H and O–H groups in total. The zero-order chi connectivity index (χ0) is 31.2. The number of benzene rings is 1. The number of ether oxygens (including phenoxy) is 2. The first-order valence-corrected chi connectivity index (χ1v) is 17.9. The molecular formula is C33H58N2O7P+. The maximum atomic E-state index is 12.4. The maximum Gasteiger partial charge on any atom is 0.472 e. The standard InChI is InChI=1S/C33H57N2O7P/c1-5-6-7-8-9-10-11-12-13-14-15-16-17-21-25-38-28-31(29-40-43(36,37)39-26-24-35(2,3)4)41-33-27-32(42-34-33)30-22-19-18-20-23-30/h18-20,22-23,27,31H,5-17,21,24-26,28-29H2,1-4H3/p+1. The van der Waals surface area contributed by atoms with Crippen LogP contribution in [0.2, 0.25) is 0 Å². The van der Waals surface area contributed by atoms with E-state index in [0.29, 0.717) is 23.4 Å². The highest BCUT2D eigenvalue weighted by Gasteiger charge is 2.26. The Morgan fingerprint density at radius 2 is 1.40 bits per heavy atom. The van der Waals surface area contributed by atoms with E-state index in [9.17, 15) is 9.46 Å². The number of nitrogens with zero attached hydrogens (tertiary/aromatic N) is 2. The van der Waals surface area contributed by atoms with Gasteiger partial charge in [-0.2, -0.15) is 0 Å². The lowest BCUT2D eigenvalue weighted by molar-refractivity contribution is -0.870. The zero-order valence-corrected chi connectivity index (χ0v) is 28.1. The molecule has 246 valence electrons. The van der Waals surface area contributed by atoms with Gasteiger partial charge in [-0.1, -0.05) is 121 Å². The summed E-state index contributed by atoms with van der Waals surface area (Å²) in [5, 5.41) is 4.00. The van der Waals surface area contributed by atoms with E-state index in [-0.39, 0.29) is 25.7 Å². The molecule has 0 aliphatic rings. The highest BCUT2D eigenvalue weighted by atomic mass is 31.2. The van der Waals surface area contributed by atoms with Gasteiger partial charge in [-0.3, -0.25) is 9.05 Å². The molecule has 10 heteroatoms. The molecule has 0 aliphatic carbocycles. The van der Waals surface area contributed by atoms with E-state index in [1.54, 1.807) is 6.07 Å². The third-order valence-corrected chi connectivity index (χ3v) is 8.20. The largest absolute Gasteiger partial charge is 0.472 e. The molecule has 0 amide bonds. The van der Waals surface area contributed by atoms with Gasteiger partial charge in [-0.15, -0.1) is 0 Å². The molecule has 0 saturated heterocycles. The number of hydrogen-bond acceptors (Lipinski definition) is 7. The van der Waals surface area contributed by atoms with Crippen molar-refractivity contribution in [3.8, 4) is 17.2 Å². The second kappa shape index (κ2) is 21.9. The van der Waals surface area contributed by atoms with Crippen molar-refractivity contribution >= 4 is 7.82 Å². The summed E-state index contributed by atoms with van der Waals surface area (Å²) >= 11 is 0. The Morgan fingerprint density at radius 1 is 0.814 bits per heavy atom. The van der Waals surface area contributed by atoms with Crippen LogP contribution in [0.4, 0.5) is 0 Å². The van der Waals surface area contributed by atoms with E-state index in [1.807, 2.05) is 51.5 Å². The van der Waals surface area contributed by atoms with Gasteiger partial charge in [0.2, 0.25) is 0 Å². The summed E-state index contributed by atoms with van der Waals surface area (Å²) < 4.78 is 40.7. The van der Waals surface area contributed by atoms with Crippen LogP contribution in [0.1, 0.15) is 96.8 Å². The molecule has 43 heavy (non-hydrogen) atoms. The van der Waals surface area contributed by atoms with E-state index in [2.05, 4.69) is 12.1 Å². The van der Waals surface area contributed by atoms with Crippen molar-refractivity contribution < 1.29 is 37.0 Å². The Labute approximate surface area is 260 Å². The molecule has 2 atom stereocenters. The molecule has 1 heterocycles. The minimum absolute atomic E-state index is 0.0994. The number of likely N-dealkylation sites (N-methyl/N-ethyl adjacent to an activating group) is 1. The smallest absolute Gasteiger partial charge is 0.467 e. The number of aromatic nitrogens is 1. The lowest BCUT2D eigenvalue weighted by atomic mass is 10.0. The van der Waals surface area contributed by atoms with Gasteiger partial charge in [0, 0.05) is 18.2 Å². The number of unbranched alkanes of at least 4 members (excludes halogenated alkanes) is 13. The Bertz CT molecular complexity index is 997. The SMILES string of the molecule is CCCCCCCCCCCCCCCCOCC(COP(=O)(O)OCC[N+](C)(C)C)Oc1cc(-c2ccccc2)on1.